The van der Waals surface area contributed by atoms with Crippen molar-refractivity contribution in [2.45, 2.75) is 44.2 Å². The molecule has 0 saturated heterocycles. The van der Waals surface area contributed by atoms with Gasteiger partial charge in [0.2, 0.25) is 0 Å². The number of aromatic nitrogens is 2. The molecule has 0 spiro atoms. The molecule has 4 rings (SSSR count). The molecule has 4 N–H and O–H groups in total. The summed E-state index contributed by atoms with van der Waals surface area (Å²) in [6, 6.07) is 17.8. The largest absolute Gasteiger partial charge is 0.481 e. The summed E-state index contributed by atoms with van der Waals surface area (Å²) in [5.41, 5.74) is 8.36. The lowest BCUT2D eigenvalue weighted by Crippen LogP contribution is -2.45. The van der Waals surface area contributed by atoms with Crippen LogP contribution in [0.25, 0.3) is 0 Å². The van der Waals surface area contributed by atoms with E-state index in [1.165, 1.54) is 0 Å². The lowest BCUT2D eigenvalue weighted by atomic mass is 9.84. The first-order chi connectivity index (χ1) is 16.4. The molecule has 178 valence electrons. The van der Waals surface area contributed by atoms with Crippen molar-refractivity contribution in [2.75, 3.05) is 0 Å². The van der Waals surface area contributed by atoms with Crippen molar-refractivity contribution in [1.82, 2.24) is 15.3 Å². The van der Waals surface area contributed by atoms with E-state index >= 15 is 0 Å². The van der Waals surface area contributed by atoms with Gasteiger partial charge in [0.1, 0.15) is 0 Å². The Morgan fingerprint density at radius 3 is 2.44 bits per heavy atom. The molecule has 1 aromatic carbocycles. The number of halogens is 1. The Balaban J connectivity index is 0.000000192. The van der Waals surface area contributed by atoms with Crippen molar-refractivity contribution in [1.29, 1.82) is 0 Å². The van der Waals surface area contributed by atoms with E-state index in [2.05, 4.69) is 15.3 Å². The number of nitrogens with zero attached hydrogens (tertiary/aromatic N) is 2. The molecule has 0 bridgehead atoms. The lowest BCUT2D eigenvalue weighted by molar-refractivity contribution is -0.143. The maximum absolute atomic E-state index is 12.0. The lowest BCUT2D eigenvalue weighted by Gasteiger charge is -2.29. The number of rotatable bonds is 6. The number of carbonyl (C=O) groups is 2. The van der Waals surface area contributed by atoms with E-state index < -0.39 is 11.9 Å². The van der Waals surface area contributed by atoms with Gasteiger partial charge in [-0.1, -0.05) is 48.7 Å². The zero-order valence-electron chi connectivity index (χ0n) is 18.8. The molecule has 2 heterocycles. The van der Waals surface area contributed by atoms with Gasteiger partial charge < -0.3 is 16.2 Å². The molecule has 3 aromatic rings. The second kappa shape index (κ2) is 12.8. The number of carboxylic acid groups (broad SMARTS) is 1. The molecule has 2 aromatic heterocycles. The second-order valence-electron chi connectivity index (χ2n) is 8.21. The zero-order chi connectivity index (χ0) is 24.3. The van der Waals surface area contributed by atoms with Crippen LogP contribution in [0.1, 0.15) is 53.5 Å². The average Bonchev–Trinajstić information content (AvgIpc) is 2.86. The standard InChI is InChI=1S/C14H17NO3.C12H12ClN3/c16-13(10-6-2-1-3-7-10)15-12-9-5-4-8-11(12)14(17)18;13-9-4-6-16-12(7-9)11(14)8-10-3-1-2-5-15-10/h1-3,6-7,11-12H,4-5,8-9H2,(H,15,16)(H,17,18);1-7,11H,8,14H2/t11-,12+;/m1./s1. The van der Waals surface area contributed by atoms with Crippen LogP contribution >= 0.6 is 11.6 Å². The number of carboxylic acids is 1. The Morgan fingerprint density at radius 2 is 1.76 bits per heavy atom. The summed E-state index contributed by atoms with van der Waals surface area (Å²) in [5.74, 6) is -1.45. The van der Waals surface area contributed by atoms with Crippen LogP contribution < -0.4 is 11.1 Å². The maximum Gasteiger partial charge on any atom is 0.308 e. The summed E-state index contributed by atoms with van der Waals surface area (Å²) in [7, 11) is 0. The third-order valence-electron chi connectivity index (χ3n) is 5.71. The number of nitrogens with two attached hydrogens (primary N) is 1. The Kier molecular flexibility index (Phi) is 9.55. The van der Waals surface area contributed by atoms with Gasteiger partial charge in [0.05, 0.1) is 17.7 Å². The first kappa shape index (κ1) is 25.3. The van der Waals surface area contributed by atoms with E-state index in [0.717, 1.165) is 30.7 Å². The van der Waals surface area contributed by atoms with Crippen LogP contribution in [-0.2, 0) is 11.2 Å². The number of aliphatic carboxylic acids is 1. The maximum atomic E-state index is 12.0. The van der Waals surface area contributed by atoms with Gasteiger partial charge in [0, 0.05) is 41.1 Å². The van der Waals surface area contributed by atoms with Crippen LogP contribution in [0.2, 0.25) is 5.02 Å². The van der Waals surface area contributed by atoms with Gasteiger partial charge in [-0.3, -0.25) is 19.6 Å². The Hall–Kier alpha value is -3.29. The molecular weight excluding hydrogens is 452 g/mol. The minimum absolute atomic E-state index is 0.173. The molecule has 1 fully saturated rings. The van der Waals surface area contributed by atoms with E-state index in [-0.39, 0.29) is 18.0 Å². The van der Waals surface area contributed by atoms with Crippen LogP contribution in [0.15, 0.2) is 73.1 Å². The topological polar surface area (TPSA) is 118 Å². The Labute approximate surface area is 204 Å². The molecule has 1 unspecified atom stereocenters. The predicted octanol–water partition coefficient (Wildman–Crippen LogP) is 4.43. The molecule has 34 heavy (non-hydrogen) atoms. The zero-order valence-corrected chi connectivity index (χ0v) is 19.6. The molecule has 0 radical (unpaired) electrons. The fourth-order valence-electron chi connectivity index (χ4n) is 3.91. The number of hydrogen-bond acceptors (Lipinski definition) is 5. The van der Waals surface area contributed by atoms with Crippen molar-refractivity contribution in [3.05, 3.63) is 95.0 Å². The van der Waals surface area contributed by atoms with Gasteiger partial charge in [-0.15, -0.1) is 0 Å². The molecule has 0 aliphatic heterocycles. The summed E-state index contributed by atoms with van der Waals surface area (Å²) in [6.45, 7) is 0. The minimum atomic E-state index is -0.812. The third kappa shape index (κ3) is 7.64. The summed E-state index contributed by atoms with van der Waals surface area (Å²) in [5, 5.41) is 12.6. The average molecular weight is 481 g/mol. The van der Waals surface area contributed by atoms with Crippen LogP contribution in [0, 0.1) is 5.92 Å². The highest BCUT2D eigenvalue weighted by Gasteiger charge is 2.31. The smallest absolute Gasteiger partial charge is 0.308 e. The van der Waals surface area contributed by atoms with E-state index in [4.69, 9.17) is 22.4 Å². The summed E-state index contributed by atoms with van der Waals surface area (Å²) >= 11 is 5.88. The third-order valence-corrected chi connectivity index (χ3v) is 5.95. The molecule has 1 amide bonds. The van der Waals surface area contributed by atoms with Gasteiger partial charge >= 0.3 is 5.97 Å². The summed E-state index contributed by atoms with van der Waals surface area (Å²) < 4.78 is 0. The number of hydrogen-bond donors (Lipinski definition) is 3. The number of nitrogens with one attached hydrogen (secondary N) is 1. The molecular formula is C26H29ClN4O3. The van der Waals surface area contributed by atoms with Gasteiger partial charge in [-0.25, -0.2) is 0 Å². The van der Waals surface area contributed by atoms with Crippen molar-refractivity contribution in [2.24, 2.45) is 11.7 Å². The quantitative estimate of drug-likeness (QED) is 0.480. The van der Waals surface area contributed by atoms with Crippen LogP contribution in [-0.4, -0.2) is 33.0 Å². The van der Waals surface area contributed by atoms with Crippen molar-refractivity contribution in [3.8, 4) is 0 Å². The predicted molar refractivity (Wildman–Crippen MR) is 131 cm³/mol. The highest BCUT2D eigenvalue weighted by molar-refractivity contribution is 6.30. The SMILES string of the molecule is NC(Cc1ccccn1)c1cc(Cl)ccn1.O=C(N[C@H]1CCCC[C@H]1C(=O)O)c1ccccc1. The van der Waals surface area contributed by atoms with Crippen molar-refractivity contribution >= 4 is 23.5 Å². The summed E-state index contributed by atoms with van der Waals surface area (Å²) in [6.07, 6.45) is 7.38. The first-order valence-corrected chi connectivity index (χ1v) is 11.7. The van der Waals surface area contributed by atoms with E-state index in [0.29, 0.717) is 23.4 Å². The van der Waals surface area contributed by atoms with Gasteiger partial charge in [-0.05, 0) is 49.2 Å². The van der Waals surface area contributed by atoms with Gasteiger partial charge in [-0.2, -0.15) is 0 Å². The highest BCUT2D eigenvalue weighted by atomic mass is 35.5. The summed E-state index contributed by atoms with van der Waals surface area (Å²) in [4.78, 5) is 31.5. The minimum Gasteiger partial charge on any atom is -0.481 e. The molecule has 3 atom stereocenters. The normalized spacial score (nSPS) is 18.2. The van der Waals surface area contributed by atoms with Crippen LogP contribution in [0.5, 0.6) is 0 Å². The number of carbonyl (C=O) groups excluding carboxylic acids is 1. The molecule has 1 aliphatic carbocycles. The van der Waals surface area contributed by atoms with E-state index in [9.17, 15) is 9.59 Å². The van der Waals surface area contributed by atoms with Crippen molar-refractivity contribution < 1.29 is 14.7 Å². The second-order valence-corrected chi connectivity index (χ2v) is 8.64. The van der Waals surface area contributed by atoms with E-state index in [1.807, 2.05) is 24.3 Å². The Bertz CT molecular complexity index is 1070. The van der Waals surface area contributed by atoms with E-state index in [1.54, 1.807) is 48.8 Å². The first-order valence-electron chi connectivity index (χ1n) is 11.3. The van der Waals surface area contributed by atoms with Crippen molar-refractivity contribution in [3.63, 3.8) is 0 Å². The molecule has 8 heteroatoms. The fourth-order valence-corrected chi connectivity index (χ4v) is 4.08. The number of amides is 1. The number of pyridine rings is 2. The molecule has 1 aliphatic rings. The van der Waals surface area contributed by atoms with Gasteiger partial charge in [0.15, 0.2) is 0 Å². The Morgan fingerprint density at radius 1 is 1.03 bits per heavy atom. The number of benzene rings is 1. The van der Waals surface area contributed by atoms with Crippen LogP contribution in [0.4, 0.5) is 0 Å². The fraction of sp³-hybridized carbons (Fsp3) is 0.308. The highest BCUT2D eigenvalue weighted by Crippen LogP contribution is 2.25. The van der Waals surface area contributed by atoms with Crippen LogP contribution in [0.3, 0.4) is 0 Å². The molecule has 1 saturated carbocycles. The molecule has 7 nitrogen and oxygen atoms in total. The monoisotopic (exact) mass is 480 g/mol. The van der Waals surface area contributed by atoms with Gasteiger partial charge in [0.25, 0.3) is 5.91 Å².